The third-order valence-electron chi connectivity index (χ3n) is 2.87. The molecule has 5 nitrogen and oxygen atoms in total. The molecule has 5 heteroatoms. The van der Waals surface area contributed by atoms with E-state index >= 15 is 0 Å². The highest BCUT2D eigenvalue weighted by Crippen LogP contribution is 1.96. The van der Waals surface area contributed by atoms with Gasteiger partial charge in [0.25, 0.3) is 0 Å². The van der Waals surface area contributed by atoms with Crippen LogP contribution in [0.3, 0.4) is 0 Å². The van der Waals surface area contributed by atoms with E-state index < -0.39 is 0 Å². The van der Waals surface area contributed by atoms with E-state index in [9.17, 15) is 9.59 Å². The molecule has 3 N–H and O–H groups in total. The van der Waals surface area contributed by atoms with Crippen LogP contribution in [0.2, 0.25) is 0 Å². The van der Waals surface area contributed by atoms with Gasteiger partial charge in [-0.15, -0.1) is 0 Å². The van der Waals surface area contributed by atoms with E-state index in [1.165, 1.54) is 0 Å². The highest BCUT2D eigenvalue weighted by atomic mass is 16.2. The van der Waals surface area contributed by atoms with Crippen molar-refractivity contribution in [3.8, 4) is 0 Å². The first-order chi connectivity index (χ1) is 8.54. The minimum Gasteiger partial charge on any atom is -0.355 e. The summed E-state index contributed by atoms with van der Waals surface area (Å²) in [5.41, 5.74) is 0. The van der Waals surface area contributed by atoms with Gasteiger partial charge in [-0.1, -0.05) is 20.8 Å². The number of carbonyl (C=O) groups excluding carboxylic acids is 2. The van der Waals surface area contributed by atoms with E-state index in [1.54, 1.807) is 6.92 Å². The summed E-state index contributed by atoms with van der Waals surface area (Å²) in [5.74, 6) is -0.119. The van der Waals surface area contributed by atoms with Crippen molar-refractivity contribution in [3.63, 3.8) is 0 Å². The Morgan fingerprint density at radius 2 is 1.72 bits per heavy atom. The van der Waals surface area contributed by atoms with Crippen LogP contribution in [0.1, 0.15) is 47.0 Å². The molecule has 0 aromatic rings. The van der Waals surface area contributed by atoms with E-state index in [-0.39, 0.29) is 30.4 Å². The van der Waals surface area contributed by atoms with Crippen molar-refractivity contribution < 1.29 is 9.59 Å². The standard InChI is InChI=1S/C13H27N3O2/c1-5-8-14-12(17)9-15-10(4)13(18)16-11(6-2)7-3/h10-11,15H,5-9H2,1-4H3,(H,14,17)(H,16,18). The third kappa shape index (κ3) is 7.27. The molecule has 0 aliphatic rings. The zero-order valence-corrected chi connectivity index (χ0v) is 12.0. The summed E-state index contributed by atoms with van der Waals surface area (Å²) < 4.78 is 0. The van der Waals surface area contributed by atoms with Gasteiger partial charge in [-0.05, 0) is 26.2 Å². The quantitative estimate of drug-likeness (QED) is 0.572. The number of rotatable bonds is 9. The Bertz CT molecular complexity index is 253. The van der Waals surface area contributed by atoms with Gasteiger partial charge in [0.15, 0.2) is 0 Å². The number of hydrogen-bond donors (Lipinski definition) is 3. The highest BCUT2D eigenvalue weighted by Gasteiger charge is 2.15. The van der Waals surface area contributed by atoms with Crippen molar-refractivity contribution >= 4 is 11.8 Å². The van der Waals surface area contributed by atoms with Crippen LogP contribution in [0.4, 0.5) is 0 Å². The van der Waals surface area contributed by atoms with Gasteiger partial charge in [-0.2, -0.15) is 0 Å². The summed E-state index contributed by atoms with van der Waals surface area (Å²) >= 11 is 0. The Morgan fingerprint density at radius 1 is 1.11 bits per heavy atom. The Morgan fingerprint density at radius 3 is 2.22 bits per heavy atom. The van der Waals surface area contributed by atoms with Crippen LogP contribution in [0, 0.1) is 0 Å². The molecule has 0 aromatic heterocycles. The average Bonchev–Trinajstić information content (AvgIpc) is 2.39. The van der Waals surface area contributed by atoms with Gasteiger partial charge in [0.2, 0.25) is 11.8 Å². The fraction of sp³-hybridized carbons (Fsp3) is 0.846. The van der Waals surface area contributed by atoms with Crippen LogP contribution >= 0.6 is 0 Å². The van der Waals surface area contributed by atoms with Crippen LogP contribution in [-0.4, -0.2) is 37.0 Å². The average molecular weight is 257 g/mol. The van der Waals surface area contributed by atoms with Crippen LogP contribution < -0.4 is 16.0 Å². The predicted molar refractivity (Wildman–Crippen MR) is 73.3 cm³/mol. The molecule has 0 aromatic carbocycles. The number of nitrogens with one attached hydrogen (secondary N) is 3. The predicted octanol–water partition coefficient (Wildman–Crippen LogP) is 0.796. The molecule has 0 aliphatic heterocycles. The second-order valence-electron chi connectivity index (χ2n) is 4.47. The summed E-state index contributed by atoms with van der Waals surface area (Å²) in [6.45, 7) is 8.71. The SMILES string of the molecule is CCCNC(=O)CNC(C)C(=O)NC(CC)CC. The van der Waals surface area contributed by atoms with E-state index in [4.69, 9.17) is 0 Å². The molecule has 1 atom stereocenters. The topological polar surface area (TPSA) is 70.2 Å². The number of hydrogen-bond acceptors (Lipinski definition) is 3. The van der Waals surface area contributed by atoms with Crippen molar-refractivity contribution in [3.05, 3.63) is 0 Å². The molecule has 2 amide bonds. The molecule has 18 heavy (non-hydrogen) atoms. The summed E-state index contributed by atoms with van der Waals surface area (Å²) in [7, 11) is 0. The van der Waals surface area contributed by atoms with Crippen molar-refractivity contribution in [2.45, 2.75) is 59.0 Å². The van der Waals surface area contributed by atoms with Crippen LogP contribution in [0.5, 0.6) is 0 Å². The second-order valence-corrected chi connectivity index (χ2v) is 4.47. The largest absolute Gasteiger partial charge is 0.355 e. The van der Waals surface area contributed by atoms with Crippen LogP contribution in [-0.2, 0) is 9.59 Å². The van der Waals surface area contributed by atoms with Crippen molar-refractivity contribution in [2.24, 2.45) is 0 Å². The van der Waals surface area contributed by atoms with Crippen LogP contribution in [0.15, 0.2) is 0 Å². The zero-order valence-electron chi connectivity index (χ0n) is 12.0. The molecule has 0 saturated carbocycles. The molecule has 0 aliphatic carbocycles. The molecule has 0 bridgehead atoms. The molecule has 0 saturated heterocycles. The van der Waals surface area contributed by atoms with E-state index in [2.05, 4.69) is 16.0 Å². The maximum Gasteiger partial charge on any atom is 0.237 e. The third-order valence-corrected chi connectivity index (χ3v) is 2.87. The first-order valence-corrected chi connectivity index (χ1v) is 6.85. The van der Waals surface area contributed by atoms with Crippen molar-refractivity contribution in [1.29, 1.82) is 0 Å². The van der Waals surface area contributed by atoms with E-state index in [1.807, 2.05) is 20.8 Å². The van der Waals surface area contributed by atoms with Crippen LogP contribution in [0.25, 0.3) is 0 Å². The fourth-order valence-corrected chi connectivity index (χ4v) is 1.48. The minimum absolute atomic E-state index is 0.0491. The molecule has 0 heterocycles. The summed E-state index contributed by atoms with van der Waals surface area (Å²) in [5, 5.41) is 8.63. The second kappa shape index (κ2) is 9.88. The van der Waals surface area contributed by atoms with E-state index in [0.29, 0.717) is 6.54 Å². The van der Waals surface area contributed by atoms with Gasteiger partial charge in [-0.3, -0.25) is 14.9 Å². The van der Waals surface area contributed by atoms with Gasteiger partial charge < -0.3 is 10.6 Å². The van der Waals surface area contributed by atoms with E-state index in [0.717, 1.165) is 19.3 Å². The molecular weight excluding hydrogens is 230 g/mol. The zero-order chi connectivity index (χ0) is 14.0. The maximum absolute atomic E-state index is 11.8. The lowest BCUT2D eigenvalue weighted by Gasteiger charge is -2.19. The van der Waals surface area contributed by atoms with Gasteiger partial charge in [0, 0.05) is 12.6 Å². The lowest BCUT2D eigenvalue weighted by Crippen LogP contribution is -2.48. The summed E-state index contributed by atoms with van der Waals surface area (Å²) in [4.78, 5) is 23.2. The smallest absolute Gasteiger partial charge is 0.237 e. The molecule has 0 spiro atoms. The number of carbonyl (C=O) groups is 2. The Labute approximate surface area is 110 Å². The van der Waals surface area contributed by atoms with Crippen molar-refractivity contribution in [2.75, 3.05) is 13.1 Å². The monoisotopic (exact) mass is 257 g/mol. The molecule has 0 rings (SSSR count). The molecule has 0 radical (unpaired) electrons. The first kappa shape index (κ1) is 16.9. The lowest BCUT2D eigenvalue weighted by atomic mass is 10.1. The molecular formula is C13H27N3O2. The lowest BCUT2D eigenvalue weighted by molar-refractivity contribution is -0.124. The highest BCUT2D eigenvalue weighted by molar-refractivity contribution is 5.83. The molecule has 1 unspecified atom stereocenters. The normalized spacial score (nSPS) is 12.3. The molecule has 0 fully saturated rings. The Kier molecular flexibility index (Phi) is 9.28. The van der Waals surface area contributed by atoms with Gasteiger partial charge in [0.1, 0.15) is 0 Å². The molecule has 106 valence electrons. The Balaban J connectivity index is 3.90. The summed E-state index contributed by atoms with van der Waals surface area (Å²) in [6, 6.07) is -0.131. The first-order valence-electron chi connectivity index (χ1n) is 6.85. The summed E-state index contributed by atoms with van der Waals surface area (Å²) in [6.07, 6.45) is 2.76. The maximum atomic E-state index is 11.8. The number of amides is 2. The fourth-order valence-electron chi connectivity index (χ4n) is 1.48. The Hall–Kier alpha value is -1.10. The van der Waals surface area contributed by atoms with Gasteiger partial charge in [0.05, 0.1) is 12.6 Å². The minimum atomic E-state index is -0.349. The van der Waals surface area contributed by atoms with Gasteiger partial charge in [-0.25, -0.2) is 0 Å². The van der Waals surface area contributed by atoms with Gasteiger partial charge >= 0.3 is 0 Å². The van der Waals surface area contributed by atoms with Crippen molar-refractivity contribution in [1.82, 2.24) is 16.0 Å².